The number of nitrogens with one attached hydrogen (secondary N) is 1. The Labute approximate surface area is 117 Å². The highest BCUT2D eigenvalue weighted by Crippen LogP contribution is 2.21. The molecule has 3 N–H and O–H groups in total. The zero-order chi connectivity index (χ0) is 13.1. The molecule has 0 radical (unpaired) electrons. The van der Waals surface area contributed by atoms with Crippen molar-refractivity contribution in [2.75, 3.05) is 19.6 Å². The lowest BCUT2D eigenvalue weighted by molar-refractivity contribution is -0.120. The highest BCUT2D eigenvalue weighted by atomic mass is 35.5. The minimum absolute atomic E-state index is 0. The molecule has 0 aliphatic carbocycles. The van der Waals surface area contributed by atoms with Gasteiger partial charge in [0, 0.05) is 25.0 Å². The van der Waals surface area contributed by atoms with Gasteiger partial charge in [0.1, 0.15) is 0 Å². The molecule has 108 valence electrons. The molecule has 1 atom stereocenters. The Morgan fingerprint density at radius 3 is 2.33 bits per heavy atom. The third-order valence-electron chi connectivity index (χ3n) is 3.40. The van der Waals surface area contributed by atoms with Crippen molar-refractivity contribution in [2.45, 2.75) is 52.1 Å². The number of carbonyl (C=O) groups is 1. The van der Waals surface area contributed by atoms with Crippen molar-refractivity contribution in [1.29, 1.82) is 0 Å². The SMILES string of the molecule is CC(=O)NC(C)C1CCN(CC(C)(C)N)CC1.Cl. The van der Waals surface area contributed by atoms with Gasteiger partial charge in [-0.3, -0.25) is 4.79 Å². The largest absolute Gasteiger partial charge is 0.354 e. The number of amides is 1. The van der Waals surface area contributed by atoms with Crippen molar-refractivity contribution in [3.8, 4) is 0 Å². The van der Waals surface area contributed by atoms with Crippen molar-refractivity contribution >= 4 is 18.3 Å². The van der Waals surface area contributed by atoms with Crippen LogP contribution >= 0.6 is 12.4 Å². The first-order valence-electron chi connectivity index (χ1n) is 6.56. The first-order valence-corrected chi connectivity index (χ1v) is 6.56. The molecule has 18 heavy (non-hydrogen) atoms. The van der Waals surface area contributed by atoms with E-state index in [1.165, 1.54) is 0 Å². The second-order valence-corrected chi connectivity index (χ2v) is 6.09. The number of carbonyl (C=O) groups excluding carboxylic acids is 1. The number of hydrogen-bond donors (Lipinski definition) is 2. The summed E-state index contributed by atoms with van der Waals surface area (Å²) in [4.78, 5) is 13.4. The molecule has 0 aromatic carbocycles. The normalized spacial score (nSPS) is 20.1. The minimum atomic E-state index is -0.115. The van der Waals surface area contributed by atoms with Crippen LogP contribution in [0.5, 0.6) is 0 Å². The summed E-state index contributed by atoms with van der Waals surface area (Å²) in [6.07, 6.45) is 2.30. The Morgan fingerprint density at radius 2 is 1.94 bits per heavy atom. The third-order valence-corrected chi connectivity index (χ3v) is 3.40. The predicted molar refractivity (Wildman–Crippen MR) is 78.0 cm³/mol. The lowest BCUT2D eigenvalue weighted by atomic mass is 9.89. The summed E-state index contributed by atoms with van der Waals surface area (Å²) in [5.74, 6) is 0.680. The van der Waals surface area contributed by atoms with E-state index in [1.807, 2.05) is 0 Å². The fourth-order valence-corrected chi connectivity index (χ4v) is 2.63. The smallest absolute Gasteiger partial charge is 0.217 e. The van der Waals surface area contributed by atoms with Gasteiger partial charge in [-0.05, 0) is 52.6 Å². The quantitative estimate of drug-likeness (QED) is 0.816. The molecule has 1 rings (SSSR count). The number of rotatable bonds is 4. The molecule has 1 amide bonds. The summed E-state index contributed by atoms with van der Waals surface area (Å²) in [5.41, 5.74) is 5.91. The standard InChI is InChI=1S/C13H27N3O.ClH/c1-10(15-11(2)17)12-5-7-16(8-6-12)9-13(3,4)14;/h10,12H,5-9,14H2,1-4H3,(H,15,17);1H. The van der Waals surface area contributed by atoms with Crippen LogP contribution in [0.1, 0.15) is 40.5 Å². The van der Waals surface area contributed by atoms with Crippen LogP contribution in [0.25, 0.3) is 0 Å². The monoisotopic (exact) mass is 277 g/mol. The van der Waals surface area contributed by atoms with E-state index in [1.54, 1.807) is 6.92 Å². The maximum atomic E-state index is 11.0. The van der Waals surface area contributed by atoms with Gasteiger partial charge < -0.3 is 16.0 Å². The number of nitrogens with zero attached hydrogens (tertiary/aromatic N) is 1. The molecule has 1 saturated heterocycles. The van der Waals surface area contributed by atoms with E-state index in [0.29, 0.717) is 12.0 Å². The Hall–Kier alpha value is -0.320. The number of piperidine rings is 1. The van der Waals surface area contributed by atoms with E-state index in [9.17, 15) is 4.79 Å². The molecule has 0 aromatic rings. The van der Waals surface area contributed by atoms with Crippen LogP contribution in [-0.2, 0) is 4.79 Å². The highest BCUT2D eigenvalue weighted by molar-refractivity contribution is 5.85. The molecular weight excluding hydrogens is 250 g/mol. The molecule has 1 heterocycles. The van der Waals surface area contributed by atoms with Crippen LogP contribution in [0.3, 0.4) is 0 Å². The van der Waals surface area contributed by atoms with E-state index in [4.69, 9.17) is 5.73 Å². The van der Waals surface area contributed by atoms with E-state index < -0.39 is 0 Å². The molecule has 0 bridgehead atoms. The topological polar surface area (TPSA) is 58.4 Å². The lowest BCUT2D eigenvalue weighted by Gasteiger charge is -2.37. The van der Waals surface area contributed by atoms with Gasteiger partial charge in [0.15, 0.2) is 0 Å². The van der Waals surface area contributed by atoms with E-state index in [-0.39, 0.29) is 23.9 Å². The molecule has 0 saturated carbocycles. The van der Waals surface area contributed by atoms with Crippen LogP contribution in [0, 0.1) is 5.92 Å². The first kappa shape index (κ1) is 17.7. The zero-order valence-electron chi connectivity index (χ0n) is 12.0. The average molecular weight is 278 g/mol. The minimum Gasteiger partial charge on any atom is -0.354 e. The van der Waals surface area contributed by atoms with Crippen LogP contribution in [-0.4, -0.2) is 42.0 Å². The van der Waals surface area contributed by atoms with Crippen molar-refractivity contribution in [1.82, 2.24) is 10.2 Å². The second kappa shape index (κ2) is 7.31. The fourth-order valence-electron chi connectivity index (χ4n) is 2.63. The van der Waals surface area contributed by atoms with Gasteiger partial charge >= 0.3 is 0 Å². The van der Waals surface area contributed by atoms with Crippen molar-refractivity contribution in [2.24, 2.45) is 11.7 Å². The van der Waals surface area contributed by atoms with Gasteiger partial charge in [-0.25, -0.2) is 0 Å². The second-order valence-electron chi connectivity index (χ2n) is 6.09. The summed E-state index contributed by atoms with van der Waals surface area (Å²) >= 11 is 0. The van der Waals surface area contributed by atoms with E-state index >= 15 is 0 Å². The Kier molecular flexibility index (Phi) is 7.18. The predicted octanol–water partition coefficient (Wildman–Crippen LogP) is 1.38. The molecule has 0 aromatic heterocycles. The van der Waals surface area contributed by atoms with Crippen LogP contribution in [0.2, 0.25) is 0 Å². The first-order chi connectivity index (χ1) is 7.78. The Bertz CT molecular complexity index is 257. The highest BCUT2D eigenvalue weighted by Gasteiger charge is 2.26. The molecule has 1 unspecified atom stereocenters. The van der Waals surface area contributed by atoms with Crippen LogP contribution in [0.4, 0.5) is 0 Å². The molecule has 5 heteroatoms. The van der Waals surface area contributed by atoms with Crippen LogP contribution < -0.4 is 11.1 Å². The fraction of sp³-hybridized carbons (Fsp3) is 0.923. The maximum Gasteiger partial charge on any atom is 0.217 e. The third kappa shape index (κ3) is 6.57. The summed E-state index contributed by atoms with van der Waals surface area (Å²) in [6.45, 7) is 11.0. The van der Waals surface area contributed by atoms with Crippen LogP contribution in [0.15, 0.2) is 0 Å². The number of halogens is 1. The summed E-state index contributed by atoms with van der Waals surface area (Å²) in [6, 6.07) is 0.292. The summed E-state index contributed by atoms with van der Waals surface area (Å²) < 4.78 is 0. The Balaban J connectivity index is 0.00000289. The van der Waals surface area contributed by atoms with Gasteiger partial charge in [-0.2, -0.15) is 0 Å². The number of nitrogens with two attached hydrogens (primary N) is 1. The molecule has 1 aliphatic heterocycles. The van der Waals surface area contributed by atoms with Crippen molar-refractivity contribution in [3.63, 3.8) is 0 Å². The summed E-state index contributed by atoms with van der Waals surface area (Å²) in [5, 5.41) is 2.99. The molecule has 1 fully saturated rings. The number of hydrogen-bond acceptors (Lipinski definition) is 3. The van der Waals surface area contributed by atoms with E-state index in [2.05, 4.69) is 31.0 Å². The molecule has 0 spiro atoms. The van der Waals surface area contributed by atoms with Gasteiger partial charge in [-0.1, -0.05) is 0 Å². The number of likely N-dealkylation sites (tertiary alicyclic amines) is 1. The van der Waals surface area contributed by atoms with Gasteiger partial charge in [0.2, 0.25) is 5.91 Å². The van der Waals surface area contributed by atoms with Gasteiger partial charge in [0.05, 0.1) is 0 Å². The van der Waals surface area contributed by atoms with Gasteiger partial charge in [-0.15, -0.1) is 12.4 Å². The van der Waals surface area contributed by atoms with Crippen molar-refractivity contribution < 1.29 is 4.79 Å². The lowest BCUT2D eigenvalue weighted by Crippen LogP contribution is -2.49. The average Bonchev–Trinajstić information content (AvgIpc) is 2.15. The Morgan fingerprint density at radius 1 is 1.44 bits per heavy atom. The van der Waals surface area contributed by atoms with Gasteiger partial charge in [0.25, 0.3) is 0 Å². The zero-order valence-corrected chi connectivity index (χ0v) is 12.8. The van der Waals surface area contributed by atoms with E-state index in [0.717, 1.165) is 32.5 Å². The molecule has 4 nitrogen and oxygen atoms in total. The molecular formula is C13H28ClN3O. The summed E-state index contributed by atoms with van der Waals surface area (Å²) in [7, 11) is 0. The van der Waals surface area contributed by atoms with Crippen molar-refractivity contribution in [3.05, 3.63) is 0 Å². The molecule has 1 aliphatic rings. The maximum absolute atomic E-state index is 11.0.